The molecule has 0 unspecified atom stereocenters. The number of halogens is 1. The lowest BCUT2D eigenvalue weighted by atomic mass is 10.1. The second kappa shape index (κ2) is 3.61. The summed E-state index contributed by atoms with van der Waals surface area (Å²) < 4.78 is 5.64. The molecule has 3 heterocycles. The SMILES string of the molecule is Clc1cc2c(cc1N1C[C@@H]3C[C@H]1CO3)CNC2. The maximum absolute atomic E-state index is 6.41. The molecule has 90 valence electrons. The summed E-state index contributed by atoms with van der Waals surface area (Å²) in [7, 11) is 0. The van der Waals surface area contributed by atoms with Crippen LogP contribution in [0.2, 0.25) is 5.02 Å². The number of anilines is 1. The number of fused-ring (bicyclic) bond motifs is 3. The number of rotatable bonds is 1. The van der Waals surface area contributed by atoms with Gasteiger partial charge in [0, 0.05) is 19.6 Å². The molecule has 3 nitrogen and oxygen atoms in total. The average molecular weight is 251 g/mol. The van der Waals surface area contributed by atoms with E-state index in [1.165, 1.54) is 16.8 Å². The first kappa shape index (κ1) is 10.2. The zero-order valence-corrected chi connectivity index (χ0v) is 10.3. The van der Waals surface area contributed by atoms with Crippen LogP contribution in [0.5, 0.6) is 0 Å². The molecule has 1 N–H and O–H groups in total. The summed E-state index contributed by atoms with van der Waals surface area (Å²) in [5.74, 6) is 0. The van der Waals surface area contributed by atoms with Gasteiger partial charge < -0.3 is 15.0 Å². The van der Waals surface area contributed by atoms with Crippen molar-refractivity contribution in [3.05, 3.63) is 28.3 Å². The van der Waals surface area contributed by atoms with Crippen molar-refractivity contribution in [1.82, 2.24) is 5.32 Å². The molecule has 17 heavy (non-hydrogen) atoms. The minimum absolute atomic E-state index is 0.419. The molecule has 4 heteroatoms. The zero-order valence-electron chi connectivity index (χ0n) is 9.58. The summed E-state index contributed by atoms with van der Waals surface area (Å²) in [5, 5.41) is 4.25. The van der Waals surface area contributed by atoms with Gasteiger partial charge in [-0.1, -0.05) is 11.6 Å². The van der Waals surface area contributed by atoms with Crippen LogP contribution < -0.4 is 10.2 Å². The van der Waals surface area contributed by atoms with Crippen LogP contribution in [-0.2, 0) is 17.8 Å². The number of nitrogens with one attached hydrogen (secondary N) is 1. The Balaban J connectivity index is 1.74. The number of hydrogen-bond acceptors (Lipinski definition) is 3. The number of morpholine rings is 1. The minimum atomic E-state index is 0.419. The summed E-state index contributed by atoms with van der Waals surface area (Å²) in [6, 6.07) is 4.92. The molecule has 0 aliphatic carbocycles. The third kappa shape index (κ3) is 1.49. The van der Waals surface area contributed by atoms with E-state index in [1.807, 2.05) is 0 Å². The highest BCUT2D eigenvalue weighted by Crippen LogP contribution is 2.38. The first-order chi connectivity index (χ1) is 8.31. The number of ether oxygens (including phenoxy) is 1. The molecule has 0 amide bonds. The molecule has 0 aromatic heterocycles. The monoisotopic (exact) mass is 250 g/mol. The summed E-state index contributed by atoms with van der Waals surface area (Å²) in [5.41, 5.74) is 3.94. The van der Waals surface area contributed by atoms with Crippen LogP contribution in [0.3, 0.4) is 0 Å². The summed E-state index contributed by atoms with van der Waals surface area (Å²) in [6.45, 7) is 3.77. The number of hydrogen-bond donors (Lipinski definition) is 1. The van der Waals surface area contributed by atoms with Gasteiger partial charge in [0.25, 0.3) is 0 Å². The molecule has 2 atom stereocenters. The molecule has 0 saturated carbocycles. The van der Waals surface area contributed by atoms with E-state index in [0.29, 0.717) is 12.1 Å². The fourth-order valence-corrected chi connectivity index (χ4v) is 3.52. The maximum Gasteiger partial charge on any atom is 0.0771 e. The van der Waals surface area contributed by atoms with Gasteiger partial charge in [0.1, 0.15) is 0 Å². The smallest absolute Gasteiger partial charge is 0.0771 e. The fraction of sp³-hybridized carbons (Fsp3) is 0.538. The van der Waals surface area contributed by atoms with Gasteiger partial charge >= 0.3 is 0 Å². The van der Waals surface area contributed by atoms with Crippen LogP contribution in [0.4, 0.5) is 5.69 Å². The summed E-state index contributed by atoms with van der Waals surface area (Å²) >= 11 is 6.41. The van der Waals surface area contributed by atoms with Crippen molar-refractivity contribution >= 4 is 17.3 Å². The highest BCUT2D eigenvalue weighted by atomic mass is 35.5. The van der Waals surface area contributed by atoms with Gasteiger partial charge in [-0.3, -0.25) is 0 Å². The van der Waals surface area contributed by atoms with E-state index < -0.39 is 0 Å². The van der Waals surface area contributed by atoms with Crippen molar-refractivity contribution in [2.24, 2.45) is 0 Å². The topological polar surface area (TPSA) is 24.5 Å². The third-order valence-electron chi connectivity index (χ3n) is 4.11. The van der Waals surface area contributed by atoms with E-state index in [-0.39, 0.29) is 0 Å². The molecule has 2 fully saturated rings. The Labute approximate surface area is 106 Å². The Bertz CT molecular complexity index is 477. The summed E-state index contributed by atoms with van der Waals surface area (Å²) in [4.78, 5) is 2.43. The van der Waals surface area contributed by atoms with Crippen molar-refractivity contribution in [2.45, 2.75) is 31.7 Å². The van der Waals surface area contributed by atoms with Crippen molar-refractivity contribution < 1.29 is 4.74 Å². The van der Waals surface area contributed by atoms with E-state index >= 15 is 0 Å². The van der Waals surface area contributed by atoms with Gasteiger partial charge in [0.15, 0.2) is 0 Å². The largest absolute Gasteiger partial charge is 0.374 e. The first-order valence-corrected chi connectivity index (χ1v) is 6.59. The van der Waals surface area contributed by atoms with Gasteiger partial charge in [-0.2, -0.15) is 0 Å². The molecule has 3 aliphatic heterocycles. The molecular weight excluding hydrogens is 236 g/mol. The molecular formula is C13H15ClN2O. The molecule has 1 aromatic carbocycles. The molecule has 1 aromatic rings. The van der Waals surface area contributed by atoms with Crippen LogP contribution in [0.1, 0.15) is 17.5 Å². The Morgan fingerprint density at radius 3 is 2.82 bits per heavy atom. The third-order valence-corrected chi connectivity index (χ3v) is 4.41. The average Bonchev–Trinajstić information content (AvgIpc) is 3.02. The lowest BCUT2D eigenvalue weighted by Crippen LogP contribution is -2.37. The van der Waals surface area contributed by atoms with Crippen LogP contribution in [0.25, 0.3) is 0 Å². The number of benzene rings is 1. The molecule has 0 spiro atoms. The Morgan fingerprint density at radius 1 is 1.29 bits per heavy atom. The molecule has 0 radical (unpaired) electrons. The molecule has 3 aliphatic rings. The minimum Gasteiger partial charge on any atom is -0.374 e. The second-order valence-corrected chi connectivity index (χ2v) is 5.58. The van der Waals surface area contributed by atoms with Crippen molar-refractivity contribution in [3.63, 3.8) is 0 Å². The van der Waals surface area contributed by atoms with E-state index in [9.17, 15) is 0 Å². The van der Waals surface area contributed by atoms with Gasteiger partial charge in [0.05, 0.1) is 29.5 Å². The van der Waals surface area contributed by atoms with E-state index in [2.05, 4.69) is 22.3 Å². The first-order valence-electron chi connectivity index (χ1n) is 6.21. The highest BCUT2D eigenvalue weighted by Gasteiger charge is 2.39. The predicted molar refractivity (Wildman–Crippen MR) is 67.5 cm³/mol. The zero-order chi connectivity index (χ0) is 11.4. The Morgan fingerprint density at radius 2 is 2.12 bits per heavy atom. The summed E-state index contributed by atoms with van der Waals surface area (Å²) in [6.07, 6.45) is 1.58. The second-order valence-electron chi connectivity index (χ2n) is 5.17. The Kier molecular flexibility index (Phi) is 2.16. The lowest BCUT2D eigenvalue weighted by Gasteiger charge is -2.30. The van der Waals surface area contributed by atoms with Gasteiger partial charge in [-0.05, 0) is 29.7 Å². The van der Waals surface area contributed by atoms with Crippen LogP contribution >= 0.6 is 11.6 Å². The number of nitrogens with zero attached hydrogens (tertiary/aromatic N) is 1. The normalized spacial score (nSPS) is 30.1. The van der Waals surface area contributed by atoms with Crippen molar-refractivity contribution in [3.8, 4) is 0 Å². The lowest BCUT2D eigenvalue weighted by molar-refractivity contribution is 0.0991. The van der Waals surface area contributed by atoms with Gasteiger partial charge in [-0.15, -0.1) is 0 Å². The standard InChI is InChI=1S/C13H15ClN2O/c14-12-1-8-4-15-5-9(8)2-13(12)16-6-11-3-10(16)7-17-11/h1-2,10-11,15H,3-7H2/t10-,11-/m0/s1. The van der Waals surface area contributed by atoms with Crippen LogP contribution in [0.15, 0.2) is 12.1 Å². The Hall–Kier alpha value is -0.770. The van der Waals surface area contributed by atoms with E-state index in [4.69, 9.17) is 16.3 Å². The van der Waals surface area contributed by atoms with Gasteiger partial charge in [-0.25, -0.2) is 0 Å². The van der Waals surface area contributed by atoms with Crippen molar-refractivity contribution in [2.75, 3.05) is 18.1 Å². The van der Waals surface area contributed by atoms with Crippen LogP contribution in [-0.4, -0.2) is 25.3 Å². The molecule has 2 saturated heterocycles. The predicted octanol–water partition coefficient (Wildman–Crippen LogP) is 1.92. The van der Waals surface area contributed by atoms with Crippen LogP contribution in [0, 0.1) is 0 Å². The fourth-order valence-electron chi connectivity index (χ4n) is 3.22. The quantitative estimate of drug-likeness (QED) is 0.824. The van der Waals surface area contributed by atoms with E-state index in [1.54, 1.807) is 0 Å². The van der Waals surface area contributed by atoms with Gasteiger partial charge in [0.2, 0.25) is 0 Å². The highest BCUT2D eigenvalue weighted by molar-refractivity contribution is 6.33. The molecule has 4 rings (SSSR count). The molecule has 2 bridgehead atoms. The maximum atomic E-state index is 6.41. The van der Waals surface area contributed by atoms with E-state index in [0.717, 1.165) is 37.7 Å². The van der Waals surface area contributed by atoms with Crippen molar-refractivity contribution in [1.29, 1.82) is 0 Å².